The molecule has 1 aromatic heterocycles. The van der Waals surface area contributed by atoms with Crippen molar-refractivity contribution < 1.29 is 14.6 Å². The van der Waals surface area contributed by atoms with Crippen LogP contribution >= 0.6 is 11.3 Å². The summed E-state index contributed by atoms with van der Waals surface area (Å²) < 4.78 is 4.97. The van der Waals surface area contributed by atoms with Crippen LogP contribution in [0, 0.1) is 0 Å². The first-order chi connectivity index (χ1) is 15.1. The van der Waals surface area contributed by atoms with Crippen LogP contribution in [-0.4, -0.2) is 40.3 Å². The highest BCUT2D eigenvalue weighted by atomic mass is 32.1. The van der Waals surface area contributed by atoms with Crippen LogP contribution in [0.2, 0.25) is 0 Å². The first kappa shape index (κ1) is 20.7. The smallest absolute Gasteiger partial charge is 0.338 e. The van der Waals surface area contributed by atoms with Crippen LogP contribution in [0.15, 0.2) is 70.2 Å². The number of anilines is 2. The molecule has 0 bridgehead atoms. The van der Waals surface area contributed by atoms with Gasteiger partial charge in [-0.05, 0) is 38.1 Å². The highest BCUT2D eigenvalue weighted by Gasteiger charge is 2.32. The van der Waals surface area contributed by atoms with Crippen LogP contribution in [0.25, 0.3) is 11.3 Å². The van der Waals surface area contributed by atoms with Crippen molar-refractivity contribution in [1.82, 2.24) is 4.98 Å². The number of ether oxygens (including phenoxy) is 1. The number of hydrogen-bond donors (Lipinski definition) is 2. The largest absolute Gasteiger partial charge is 0.462 e. The fourth-order valence-corrected chi connectivity index (χ4v) is 3.79. The molecule has 1 atom stereocenters. The quantitative estimate of drug-likeness (QED) is 0.449. The van der Waals surface area contributed by atoms with E-state index in [0.29, 0.717) is 34.4 Å². The van der Waals surface area contributed by atoms with Gasteiger partial charge in [0.2, 0.25) is 5.13 Å². The molecule has 8 nitrogen and oxygen atoms in total. The number of esters is 1. The minimum Gasteiger partial charge on any atom is -0.462 e. The Labute approximate surface area is 183 Å². The van der Waals surface area contributed by atoms with Gasteiger partial charge in [-0.25, -0.2) is 14.8 Å². The van der Waals surface area contributed by atoms with Crippen molar-refractivity contribution in [2.75, 3.05) is 17.0 Å². The molecule has 4 rings (SSSR count). The molecule has 0 amide bonds. The average molecular weight is 436 g/mol. The van der Waals surface area contributed by atoms with Gasteiger partial charge < -0.3 is 9.84 Å². The second kappa shape index (κ2) is 9.07. The summed E-state index contributed by atoms with van der Waals surface area (Å²) in [6, 6.07) is 16.6. The van der Waals surface area contributed by atoms with E-state index in [9.17, 15) is 9.90 Å². The number of aromatic nitrogens is 1. The highest BCUT2D eigenvalue weighted by Crippen LogP contribution is 2.30. The topological polar surface area (TPSA) is 99.4 Å². The third-order valence-electron chi connectivity index (χ3n) is 4.56. The molecule has 3 aromatic rings. The number of benzene rings is 2. The number of thiazole rings is 1. The molecule has 0 saturated heterocycles. The molecule has 2 aromatic carbocycles. The summed E-state index contributed by atoms with van der Waals surface area (Å²) in [7, 11) is 0. The predicted molar refractivity (Wildman–Crippen MR) is 123 cm³/mol. The summed E-state index contributed by atoms with van der Waals surface area (Å²) in [6.45, 7) is 3.86. The fraction of sp³-hybridized carbons (Fsp3) is 0.182. The molecule has 0 fully saturated rings. The zero-order valence-corrected chi connectivity index (χ0v) is 17.8. The second-order valence-electron chi connectivity index (χ2n) is 6.69. The van der Waals surface area contributed by atoms with E-state index >= 15 is 0 Å². The third-order valence-corrected chi connectivity index (χ3v) is 5.39. The molecule has 0 saturated carbocycles. The summed E-state index contributed by atoms with van der Waals surface area (Å²) >= 11 is 1.40. The van der Waals surface area contributed by atoms with Crippen LogP contribution < -0.4 is 10.4 Å². The molecule has 0 aliphatic carbocycles. The van der Waals surface area contributed by atoms with E-state index in [2.05, 4.69) is 20.6 Å². The second-order valence-corrected chi connectivity index (χ2v) is 7.53. The Morgan fingerprint density at radius 1 is 1.23 bits per heavy atom. The lowest BCUT2D eigenvalue weighted by atomic mass is 10.2. The van der Waals surface area contributed by atoms with Crippen molar-refractivity contribution in [3.05, 3.63) is 65.5 Å². The van der Waals surface area contributed by atoms with Crippen molar-refractivity contribution >= 4 is 39.5 Å². The minimum absolute atomic E-state index is 0.325. The number of hydrogen-bond acceptors (Lipinski definition) is 9. The lowest BCUT2D eigenvalue weighted by molar-refractivity contribution is 0.0526. The van der Waals surface area contributed by atoms with Gasteiger partial charge in [-0.2, -0.15) is 10.2 Å². The summed E-state index contributed by atoms with van der Waals surface area (Å²) in [5.74, 6) is -0.372. The normalized spacial score (nSPS) is 17.0. The minimum atomic E-state index is -1.05. The van der Waals surface area contributed by atoms with Crippen LogP contribution in [0.1, 0.15) is 24.2 Å². The molecular weight excluding hydrogens is 414 g/mol. The van der Waals surface area contributed by atoms with Crippen molar-refractivity contribution in [3.63, 3.8) is 0 Å². The van der Waals surface area contributed by atoms with E-state index in [1.54, 1.807) is 38.1 Å². The van der Waals surface area contributed by atoms with Crippen molar-refractivity contribution in [2.45, 2.75) is 20.1 Å². The highest BCUT2D eigenvalue weighted by molar-refractivity contribution is 7.14. The number of aliphatic hydroxyl groups excluding tert-OH is 1. The molecule has 2 N–H and O–H groups in total. The predicted octanol–water partition coefficient (Wildman–Crippen LogP) is 3.97. The fourth-order valence-electron chi connectivity index (χ4n) is 2.99. The van der Waals surface area contributed by atoms with Gasteiger partial charge in [-0.15, -0.1) is 11.3 Å². The van der Waals surface area contributed by atoms with Crippen LogP contribution in [0.5, 0.6) is 0 Å². The molecule has 31 heavy (non-hydrogen) atoms. The Morgan fingerprint density at radius 3 is 2.68 bits per heavy atom. The maximum atomic E-state index is 11.7. The summed E-state index contributed by atoms with van der Waals surface area (Å²) in [5.41, 5.74) is 6.83. The number of nitrogens with one attached hydrogen (secondary N) is 1. The molecule has 1 aliphatic rings. The maximum Gasteiger partial charge on any atom is 0.338 e. The lowest BCUT2D eigenvalue weighted by Gasteiger charge is -2.15. The molecule has 158 valence electrons. The summed E-state index contributed by atoms with van der Waals surface area (Å²) in [4.78, 5) is 16.3. The maximum absolute atomic E-state index is 11.7. The first-order valence-electron chi connectivity index (χ1n) is 9.71. The monoisotopic (exact) mass is 435 g/mol. The molecular formula is C22H21N5O3S. The molecule has 1 unspecified atom stereocenters. The van der Waals surface area contributed by atoms with Crippen molar-refractivity contribution in [2.24, 2.45) is 10.2 Å². The molecule has 0 radical (unpaired) electrons. The van der Waals surface area contributed by atoms with E-state index in [0.717, 1.165) is 11.3 Å². The van der Waals surface area contributed by atoms with E-state index in [1.807, 2.05) is 35.7 Å². The summed E-state index contributed by atoms with van der Waals surface area (Å²) in [6.07, 6.45) is -1.05. The van der Waals surface area contributed by atoms with E-state index < -0.39 is 6.23 Å². The first-order valence-corrected chi connectivity index (χ1v) is 10.6. The van der Waals surface area contributed by atoms with Crippen LogP contribution in [-0.2, 0) is 4.74 Å². The molecule has 1 aliphatic heterocycles. The van der Waals surface area contributed by atoms with Gasteiger partial charge in [-0.1, -0.05) is 30.3 Å². The molecule has 0 spiro atoms. The number of carbonyl (C=O) groups excluding carboxylic acids is 1. The Morgan fingerprint density at radius 2 is 1.97 bits per heavy atom. The van der Waals surface area contributed by atoms with Crippen LogP contribution in [0.4, 0.5) is 10.8 Å². The number of rotatable bonds is 6. The van der Waals surface area contributed by atoms with Gasteiger partial charge in [0.05, 0.1) is 29.3 Å². The number of aliphatic hydroxyl groups is 1. The van der Waals surface area contributed by atoms with E-state index in [-0.39, 0.29) is 5.97 Å². The van der Waals surface area contributed by atoms with Gasteiger partial charge in [0.15, 0.2) is 6.23 Å². The van der Waals surface area contributed by atoms with E-state index in [1.165, 1.54) is 16.3 Å². The Hall–Kier alpha value is -3.56. The number of carbonyl (C=O) groups is 1. The number of nitrogens with zero attached hydrogens (tertiary/aromatic N) is 4. The Bertz CT molecular complexity index is 1130. The van der Waals surface area contributed by atoms with Gasteiger partial charge in [0.1, 0.15) is 5.71 Å². The van der Waals surface area contributed by atoms with Gasteiger partial charge in [0.25, 0.3) is 0 Å². The van der Waals surface area contributed by atoms with Gasteiger partial charge in [0, 0.05) is 10.9 Å². The van der Waals surface area contributed by atoms with E-state index in [4.69, 9.17) is 4.74 Å². The van der Waals surface area contributed by atoms with Gasteiger partial charge >= 0.3 is 5.97 Å². The van der Waals surface area contributed by atoms with Crippen molar-refractivity contribution in [1.29, 1.82) is 0 Å². The Balaban J connectivity index is 1.46. The zero-order valence-electron chi connectivity index (χ0n) is 17.0. The summed E-state index contributed by atoms with van der Waals surface area (Å²) in [5, 5.41) is 23.4. The van der Waals surface area contributed by atoms with Crippen LogP contribution in [0.3, 0.4) is 0 Å². The zero-order chi connectivity index (χ0) is 21.8. The third kappa shape index (κ3) is 4.47. The average Bonchev–Trinajstić information content (AvgIpc) is 3.38. The molecule has 2 heterocycles. The van der Waals surface area contributed by atoms with Crippen molar-refractivity contribution in [3.8, 4) is 11.3 Å². The SMILES string of the molecule is CCOC(=O)c1ccc(N/N=C2/C(C)=NN(c3nc(-c4ccccc4)cs3)C2O)cc1. The Kier molecular flexibility index (Phi) is 6.06. The molecule has 9 heteroatoms. The van der Waals surface area contributed by atoms with Gasteiger partial charge in [-0.3, -0.25) is 5.43 Å². The lowest BCUT2D eigenvalue weighted by Crippen LogP contribution is -2.33. The standard InChI is InChI=1S/C22H21N5O3S/c1-3-30-21(29)16-9-11-17(12-10-16)24-25-19-14(2)26-27(20(19)28)22-23-18(13-31-22)15-7-5-4-6-8-15/h4-13,20,24,28H,3H2,1-2H3/b25-19-. The number of hydrazone groups is 2.